The Balaban J connectivity index is 2.20. The summed E-state index contributed by atoms with van der Waals surface area (Å²) >= 11 is 0. The minimum atomic E-state index is -0.148. The average Bonchev–Trinajstić information content (AvgIpc) is 3.01. The summed E-state index contributed by atoms with van der Waals surface area (Å²) in [5.41, 5.74) is 3.66. The zero-order valence-corrected chi connectivity index (χ0v) is 12.7. The summed E-state index contributed by atoms with van der Waals surface area (Å²) in [5, 5.41) is 10.5. The van der Waals surface area contributed by atoms with Crippen molar-refractivity contribution < 1.29 is 4.74 Å². The maximum absolute atomic E-state index is 7.66. The van der Waals surface area contributed by atoms with Crippen LogP contribution in [0.2, 0.25) is 0 Å². The molecule has 0 bridgehead atoms. The molecule has 112 valence electrons. The Labute approximate surface area is 129 Å². The van der Waals surface area contributed by atoms with Crippen molar-refractivity contribution in [2.45, 2.75) is 25.7 Å². The molecular weight excluding hydrogens is 276 g/mol. The van der Waals surface area contributed by atoms with Crippen LogP contribution in [-0.2, 0) is 0 Å². The normalized spacial score (nSPS) is 16.7. The van der Waals surface area contributed by atoms with Gasteiger partial charge >= 0.3 is 0 Å². The molecule has 3 rings (SSSR count). The van der Waals surface area contributed by atoms with E-state index in [-0.39, 0.29) is 5.92 Å². The molecule has 1 unspecified atom stereocenters. The van der Waals surface area contributed by atoms with Crippen LogP contribution in [0.4, 0.5) is 5.82 Å². The number of fused-ring (bicyclic) bond motifs is 1. The Kier molecular flexibility index (Phi) is 3.84. The SMILES string of the molecule is [C-]#[N+]C1=C(CCC)Nc2[nH]ncc2C1c1ccccc1OC. The molecule has 0 spiro atoms. The number of aromatic amines is 1. The van der Waals surface area contributed by atoms with E-state index in [1.165, 1.54) is 0 Å². The molecule has 0 aliphatic carbocycles. The Morgan fingerprint density at radius 3 is 2.86 bits per heavy atom. The number of H-pyrrole nitrogens is 1. The van der Waals surface area contributed by atoms with Crippen molar-refractivity contribution >= 4 is 5.82 Å². The molecule has 5 heteroatoms. The molecule has 0 saturated heterocycles. The van der Waals surface area contributed by atoms with E-state index < -0.39 is 0 Å². The van der Waals surface area contributed by atoms with Crippen molar-refractivity contribution in [3.8, 4) is 5.75 Å². The summed E-state index contributed by atoms with van der Waals surface area (Å²) in [4.78, 5) is 3.83. The minimum Gasteiger partial charge on any atom is -0.496 e. The zero-order chi connectivity index (χ0) is 15.5. The number of para-hydroxylation sites is 1. The van der Waals surface area contributed by atoms with Crippen molar-refractivity contribution in [3.63, 3.8) is 0 Å². The number of ether oxygens (including phenoxy) is 1. The fraction of sp³-hybridized carbons (Fsp3) is 0.294. The predicted octanol–water partition coefficient (Wildman–Crippen LogP) is 3.91. The number of nitrogens with one attached hydrogen (secondary N) is 2. The average molecular weight is 294 g/mol. The molecule has 0 radical (unpaired) electrons. The molecule has 2 heterocycles. The van der Waals surface area contributed by atoms with Gasteiger partial charge in [-0.05, 0) is 18.1 Å². The standard InChI is InChI=1S/C17H18N4O/c1-4-7-13-16(18-2)15(12-10-19-21-17(12)20-13)11-8-5-6-9-14(11)22-3/h5-6,8-10,15H,4,7H2,1,3H3,(H2,19,20,21). The van der Waals surface area contributed by atoms with Gasteiger partial charge in [0.15, 0.2) is 5.70 Å². The van der Waals surface area contributed by atoms with Crippen LogP contribution >= 0.6 is 0 Å². The van der Waals surface area contributed by atoms with E-state index >= 15 is 0 Å². The van der Waals surface area contributed by atoms with Crippen LogP contribution in [0.3, 0.4) is 0 Å². The van der Waals surface area contributed by atoms with Crippen LogP contribution in [0, 0.1) is 6.57 Å². The smallest absolute Gasteiger partial charge is 0.196 e. The summed E-state index contributed by atoms with van der Waals surface area (Å²) < 4.78 is 5.50. The number of aromatic nitrogens is 2. The molecule has 5 nitrogen and oxygen atoms in total. The highest BCUT2D eigenvalue weighted by molar-refractivity contribution is 5.64. The van der Waals surface area contributed by atoms with Gasteiger partial charge in [-0.15, -0.1) is 0 Å². The molecule has 0 amide bonds. The lowest BCUT2D eigenvalue weighted by Gasteiger charge is -2.27. The van der Waals surface area contributed by atoms with Gasteiger partial charge in [0.05, 0.1) is 25.8 Å². The number of benzene rings is 1. The third-order valence-corrected chi connectivity index (χ3v) is 3.91. The number of rotatable bonds is 4. The van der Waals surface area contributed by atoms with Gasteiger partial charge < -0.3 is 10.1 Å². The number of anilines is 1. The lowest BCUT2D eigenvalue weighted by Crippen LogP contribution is -2.17. The van der Waals surface area contributed by atoms with E-state index in [1.807, 2.05) is 24.3 Å². The first-order valence-electron chi connectivity index (χ1n) is 7.33. The topological polar surface area (TPSA) is 54.3 Å². The Hall–Kier alpha value is -2.74. The monoisotopic (exact) mass is 294 g/mol. The summed E-state index contributed by atoms with van der Waals surface area (Å²) in [7, 11) is 1.66. The van der Waals surface area contributed by atoms with Gasteiger partial charge in [0.2, 0.25) is 0 Å². The molecule has 1 atom stereocenters. The first kappa shape index (κ1) is 14.2. The van der Waals surface area contributed by atoms with Crippen molar-refractivity contribution in [1.29, 1.82) is 0 Å². The first-order valence-corrected chi connectivity index (χ1v) is 7.33. The number of hydrogen-bond donors (Lipinski definition) is 2. The largest absolute Gasteiger partial charge is 0.496 e. The third kappa shape index (κ3) is 2.23. The Bertz CT molecular complexity index is 754. The van der Waals surface area contributed by atoms with Crippen molar-refractivity contribution in [2.24, 2.45) is 0 Å². The highest BCUT2D eigenvalue weighted by Crippen LogP contribution is 2.44. The van der Waals surface area contributed by atoms with Gasteiger partial charge in [0, 0.05) is 11.3 Å². The van der Waals surface area contributed by atoms with Crippen LogP contribution < -0.4 is 10.1 Å². The lowest BCUT2D eigenvalue weighted by molar-refractivity contribution is 0.409. The van der Waals surface area contributed by atoms with Gasteiger partial charge in [-0.1, -0.05) is 31.5 Å². The molecule has 1 aromatic heterocycles. The van der Waals surface area contributed by atoms with Crippen molar-refractivity contribution in [3.05, 3.63) is 64.4 Å². The second-order valence-corrected chi connectivity index (χ2v) is 5.23. The van der Waals surface area contributed by atoms with E-state index in [0.717, 1.165) is 46.9 Å². The number of allylic oxidation sites excluding steroid dienone is 2. The Morgan fingerprint density at radius 2 is 2.14 bits per heavy atom. The molecule has 0 saturated carbocycles. The van der Waals surface area contributed by atoms with Gasteiger partial charge in [-0.25, -0.2) is 4.85 Å². The van der Waals surface area contributed by atoms with E-state index in [2.05, 4.69) is 27.3 Å². The van der Waals surface area contributed by atoms with Crippen LogP contribution in [0.25, 0.3) is 4.85 Å². The molecular formula is C17H18N4O. The van der Waals surface area contributed by atoms with Gasteiger partial charge in [0.25, 0.3) is 0 Å². The van der Waals surface area contributed by atoms with E-state index in [4.69, 9.17) is 11.3 Å². The lowest BCUT2D eigenvalue weighted by atomic mass is 9.85. The fourth-order valence-electron chi connectivity index (χ4n) is 2.94. The summed E-state index contributed by atoms with van der Waals surface area (Å²) in [6.07, 6.45) is 3.60. The second kappa shape index (κ2) is 5.94. The van der Waals surface area contributed by atoms with Crippen molar-refractivity contribution in [1.82, 2.24) is 10.2 Å². The van der Waals surface area contributed by atoms with Gasteiger partial charge in [0.1, 0.15) is 11.6 Å². The highest BCUT2D eigenvalue weighted by atomic mass is 16.5. The quantitative estimate of drug-likeness (QED) is 0.841. The molecule has 1 aromatic carbocycles. The van der Waals surface area contributed by atoms with Crippen LogP contribution in [0.15, 0.2) is 41.9 Å². The number of methoxy groups -OCH3 is 1. The number of hydrogen-bond acceptors (Lipinski definition) is 3. The van der Waals surface area contributed by atoms with E-state index in [1.54, 1.807) is 13.3 Å². The summed E-state index contributed by atoms with van der Waals surface area (Å²) in [6, 6.07) is 7.85. The maximum Gasteiger partial charge on any atom is 0.196 e. The predicted molar refractivity (Wildman–Crippen MR) is 85.6 cm³/mol. The minimum absolute atomic E-state index is 0.148. The zero-order valence-electron chi connectivity index (χ0n) is 12.7. The molecule has 22 heavy (non-hydrogen) atoms. The van der Waals surface area contributed by atoms with Crippen LogP contribution in [-0.4, -0.2) is 17.3 Å². The third-order valence-electron chi connectivity index (χ3n) is 3.91. The van der Waals surface area contributed by atoms with E-state index in [0.29, 0.717) is 0 Å². The molecule has 1 aliphatic rings. The number of nitrogens with zero attached hydrogens (tertiary/aromatic N) is 2. The Morgan fingerprint density at radius 1 is 1.32 bits per heavy atom. The summed E-state index contributed by atoms with van der Waals surface area (Å²) in [6.45, 7) is 9.77. The van der Waals surface area contributed by atoms with Crippen LogP contribution in [0.5, 0.6) is 5.75 Å². The van der Waals surface area contributed by atoms with Gasteiger partial charge in [-0.3, -0.25) is 5.10 Å². The van der Waals surface area contributed by atoms with Gasteiger partial charge in [-0.2, -0.15) is 5.10 Å². The van der Waals surface area contributed by atoms with Crippen LogP contribution in [0.1, 0.15) is 36.8 Å². The fourth-order valence-corrected chi connectivity index (χ4v) is 2.94. The molecule has 0 fully saturated rings. The molecule has 1 aliphatic heterocycles. The first-order chi connectivity index (χ1) is 10.8. The second-order valence-electron chi connectivity index (χ2n) is 5.23. The summed E-state index contributed by atoms with van der Waals surface area (Å²) in [5.74, 6) is 1.51. The molecule has 2 N–H and O–H groups in total. The molecule has 2 aromatic rings. The highest BCUT2D eigenvalue weighted by Gasteiger charge is 2.32. The van der Waals surface area contributed by atoms with E-state index in [9.17, 15) is 0 Å². The van der Waals surface area contributed by atoms with Crippen molar-refractivity contribution in [2.75, 3.05) is 12.4 Å². The maximum atomic E-state index is 7.66.